The Hall–Kier alpha value is -3.45. The Morgan fingerprint density at radius 3 is 2.93 bits per heavy atom. The van der Waals surface area contributed by atoms with Crippen molar-refractivity contribution < 1.29 is 4.79 Å². The van der Waals surface area contributed by atoms with Gasteiger partial charge in [0.05, 0.1) is 12.1 Å². The predicted molar refractivity (Wildman–Crippen MR) is 122 cm³/mol. The molecule has 7 nitrogen and oxygen atoms in total. The minimum absolute atomic E-state index is 0.124. The molecule has 3 heterocycles. The Bertz CT molecular complexity index is 1180. The van der Waals surface area contributed by atoms with Crippen molar-refractivity contribution in [2.45, 2.75) is 31.3 Å². The summed E-state index contributed by atoms with van der Waals surface area (Å²) in [7, 11) is 2.08. The van der Waals surface area contributed by atoms with Crippen LogP contribution in [0.5, 0.6) is 0 Å². The maximum atomic E-state index is 12.6. The number of nitrogens with one attached hydrogen (secondary N) is 2. The zero-order valence-electron chi connectivity index (χ0n) is 17.0. The first kappa shape index (κ1) is 18.6. The number of para-hydroxylation sites is 1. The van der Waals surface area contributed by atoms with Crippen molar-refractivity contribution in [3.8, 4) is 0 Å². The second-order valence-electron chi connectivity index (χ2n) is 7.95. The van der Waals surface area contributed by atoms with Gasteiger partial charge in [-0.1, -0.05) is 25.1 Å². The van der Waals surface area contributed by atoms with Gasteiger partial charge >= 0.3 is 0 Å². The molecular weight excluding hydrogens is 376 g/mol. The van der Waals surface area contributed by atoms with Crippen LogP contribution >= 0.6 is 0 Å². The van der Waals surface area contributed by atoms with Crippen LogP contribution in [0.4, 0.5) is 17.2 Å². The van der Waals surface area contributed by atoms with Gasteiger partial charge in [-0.15, -0.1) is 0 Å². The number of amides is 1. The van der Waals surface area contributed by atoms with Gasteiger partial charge in [-0.25, -0.2) is 4.99 Å². The average Bonchev–Trinajstić information content (AvgIpc) is 3.39. The van der Waals surface area contributed by atoms with Gasteiger partial charge in [0.15, 0.2) is 0 Å². The van der Waals surface area contributed by atoms with Crippen LogP contribution in [0.1, 0.15) is 30.4 Å². The minimum atomic E-state index is -0.649. The van der Waals surface area contributed by atoms with E-state index in [4.69, 9.17) is 5.73 Å². The number of nitrogens with two attached hydrogens (primary N) is 1. The van der Waals surface area contributed by atoms with Crippen LogP contribution in [0.3, 0.4) is 0 Å². The normalized spacial score (nSPS) is 20.3. The summed E-state index contributed by atoms with van der Waals surface area (Å²) in [6.45, 7) is 2.22. The quantitative estimate of drug-likeness (QED) is 0.625. The maximum Gasteiger partial charge on any atom is 0.241 e. The zero-order chi connectivity index (χ0) is 20.8. The van der Waals surface area contributed by atoms with E-state index >= 15 is 0 Å². The summed E-state index contributed by atoms with van der Waals surface area (Å²) in [5.74, 6) is 1.12. The molecule has 3 aromatic rings. The number of H-pyrrole nitrogens is 1. The van der Waals surface area contributed by atoms with Gasteiger partial charge in [0, 0.05) is 47.0 Å². The summed E-state index contributed by atoms with van der Waals surface area (Å²) in [6.07, 6.45) is 3.64. The summed E-state index contributed by atoms with van der Waals surface area (Å²) in [4.78, 5) is 26.5. The Labute approximate surface area is 174 Å². The molecule has 0 saturated carbocycles. The highest BCUT2D eigenvalue weighted by Crippen LogP contribution is 2.47. The monoisotopic (exact) mass is 400 g/mol. The summed E-state index contributed by atoms with van der Waals surface area (Å²) in [5.41, 5.74) is 11.6. The van der Waals surface area contributed by atoms with Crippen LogP contribution in [-0.4, -0.2) is 42.6 Å². The standard InChI is InChI=1S/C23H24N6O/c1-13-16-5-3-4-6-20(16)29(2)22-21(13)17-9-14(7-8-19(17)28-22)27-23(30)18(24)10-15-11-25-12-26-15/h3-9,11-13,15,18,28H,10,24H2,1-2H3,(H,27,30)/t13?,15?,18-/m0/s1. The number of benzene rings is 2. The average molecular weight is 400 g/mol. The van der Waals surface area contributed by atoms with Crippen LogP contribution in [0.25, 0.3) is 10.9 Å². The maximum absolute atomic E-state index is 12.6. The molecule has 0 fully saturated rings. The summed E-state index contributed by atoms with van der Waals surface area (Å²) in [5, 5.41) is 4.07. The van der Waals surface area contributed by atoms with E-state index in [2.05, 4.69) is 63.4 Å². The second kappa shape index (κ2) is 7.11. The zero-order valence-corrected chi connectivity index (χ0v) is 17.0. The number of anilines is 3. The third-order valence-corrected chi connectivity index (χ3v) is 6.03. The molecule has 30 heavy (non-hydrogen) atoms. The molecule has 0 aliphatic carbocycles. The lowest BCUT2D eigenvalue weighted by atomic mass is 9.87. The molecule has 4 N–H and O–H groups in total. The smallest absolute Gasteiger partial charge is 0.241 e. The molecule has 5 rings (SSSR count). The van der Waals surface area contributed by atoms with Gasteiger partial charge in [0.2, 0.25) is 5.91 Å². The van der Waals surface area contributed by atoms with Crippen molar-refractivity contribution in [3.63, 3.8) is 0 Å². The van der Waals surface area contributed by atoms with Crippen molar-refractivity contribution in [2.75, 3.05) is 17.3 Å². The lowest BCUT2D eigenvalue weighted by molar-refractivity contribution is -0.117. The first-order chi connectivity index (χ1) is 14.5. The first-order valence-electron chi connectivity index (χ1n) is 10.1. The Morgan fingerprint density at radius 2 is 2.13 bits per heavy atom. The predicted octanol–water partition coefficient (Wildman–Crippen LogP) is 3.54. The minimum Gasteiger partial charge on any atom is -0.341 e. The topological polar surface area (TPSA) is 98.9 Å². The number of aliphatic imine (C=N–C) groups is 2. The number of carbonyl (C=O) groups is 1. The van der Waals surface area contributed by atoms with Crippen LogP contribution in [0.2, 0.25) is 0 Å². The number of nitrogens with zero attached hydrogens (tertiary/aromatic N) is 3. The van der Waals surface area contributed by atoms with E-state index in [1.54, 1.807) is 6.21 Å². The van der Waals surface area contributed by atoms with Crippen LogP contribution in [0.15, 0.2) is 52.4 Å². The fourth-order valence-electron chi connectivity index (χ4n) is 4.44. The van der Waals surface area contributed by atoms with Crippen LogP contribution < -0.4 is 16.0 Å². The second-order valence-corrected chi connectivity index (χ2v) is 7.95. The Morgan fingerprint density at radius 1 is 1.30 bits per heavy atom. The molecule has 152 valence electrons. The highest BCUT2D eigenvalue weighted by molar-refractivity contribution is 6.00. The molecule has 2 unspecified atom stereocenters. The van der Waals surface area contributed by atoms with Crippen LogP contribution in [-0.2, 0) is 4.79 Å². The SMILES string of the molecule is CC1c2ccccc2N(C)c2[nH]c3ccc(NC(=O)[C@@H](N)CC4C=NC=N4)cc3c21. The van der Waals surface area contributed by atoms with Crippen molar-refractivity contribution in [2.24, 2.45) is 15.7 Å². The van der Waals surface area contributed by atoms with Gasteiger partial charge in [-0.2, -0.15) is 0 Å². The van der Waals surface area contributed by atoms with Gasteiger partial charge in [0.1, 0.15) is 12.2 Å². The summed E-state index contributed by atoms with van der Waals surface area (Å²) >= 11 is 0. The number of hydrogen-bond acceptors (Lipinski definition) is 5. The van der Waals surface area contributed by atoms with Crippen LogP contribution in [0, 0.1) is 0 Å². The molecule has 0 radical (unpaired) electrons. The van der Waals surface area contributed by atoms with E-state index in [-0.39, 0.29) is 17.9 Å². The van der Waals surface area contributed by atoms with Crippen molar-refractivity contribution in [1.29, 1.82) is 0 Å². The lowest BCUT2D eigenvalue weighted by Gasteiger charge is -2.31. The Kier molecular flexibility index (Phi) is 4.40. The fourth-order valence-corrected chi connectivity index (χ4v) is 4.44. The highest BCUT2D eigenvalue weighted by atomic mass is 16.2. The molecule has 0 spiro atoms. The summed E-state index contributed by atoms with van der Waals surface area (Å²) < 4.78 is 0. The largest absolute Gasteiger partial charge is 0.341 e. The number of aromatic nitrogens is 1. The van der Waals surface area contributed by atoms with E-state index < -0.39 is 6.04 Å². The molecule has 2 aliphatic heterocycles. The number of rotatable bonds is 4. The Balaban J connectivity index is 1.44. The van der Waals surface area contributed by atoms with Crippen molar-refractivity contribution in [1.82, 2.24) is 4.98 Å². The van der Waals surface area contributed by atoms with Crippen molar-refractivity contribution in [3.05, 3.63) is 53.6 Å². The first-order valence-corrected chi connectivity index (χ1v) is 10.1. The van der Waals surface area contributed by atoms with E-state index in [1.165, 1.54) is 23.2 Å². The fraction of sp³-hybridized carbons (Fsp3) is 0.261. The number of aromatic amines is 1. The number of hydrogen-bond donors (Lipinski definition) is 3. The van der Waals surface area contributed by atoms with E-state index in [0.29, 0.717) is 6.42 Å². The molecule has 1 aromatic heterocycles. The van der Waals surface area contributed by atoms with Gasteiger partial charge < -0.3 is 20.9 Å². The third-order valence-electron chi connectivity index (χ3n) is 6.03. The third kappa shape index (κ3) is 2.98. The van der Waals surface area contributed by atoms with E-state index in [9.17, 15) is 4.79 Å². The van der Waals surface area contributed by atoms with E-state index in [1.807, 2.05) is 18.2 Å². The van der Waals surface area contributed by atoms with Crippen molar-refractivity contribution >= 4 is 46.6 Å². The summed E-state index contributed by atoms with van der Waals surface area (Å²) in [6, 6.07) is 13.6. The molecule has 1 amide bonds. The lowest BCUT2D eigenvalue weighted by Crippen LogP contribution is -2.38. The molecule has 3 atom stereocenters. The molecule has 7 heteroatoms. The molecule has 0 bridgehead atoms. The van der Waals surface area contributed by atoms with E-state index in [0.717, 1.165) is 22.4 Å². The van der Waals surface area contributed by atoms with Gasteiger partial charge in [0.25, 0.3) is 0 Å². The van der Waals surface area contributed by atoms with Gasteiger partial charge in [-0.05, 0) is 36.2 Å². The van der Waals surface area contributed by atoms with Gasteiger partial charge in [-0.3, -0.25) is 9.79 Å². The highest BCUT2D eigenvalue weighted by Gasteiger charge is 2.29. The molecule has 2 aromatic carbocycles. The molecule has 2 aliphatic rings. The molecule has 0 saturated heterocycles. The number of fused-ring (bicyclic) bond motifs is 4. The number of carbonyl (C=O) groups excluding carboxylic acids is 1. The molecular formula is C23H24N6O.